The van der Waals surface area contributed by atoms with Gasteiger partial charge in [0.1, 0.15) is 0 Å². The number of hydrogen-bond donors (Lipinski definition) is 1. The molecule has 2 heterocycles. The third-order valence-corrected chi connectivity index (χ3v) is 9.27. The molecule has 2 aromatic carbocycles. The molecule has 0 unspecified atom stereocenters. The Morgan fingerprint density at radius 2 is 1.57 bits per heavy atom. The van der Waals surface area contributed by atoms with Gasteiger partial charge in [-0.25, -0.2) is 8.42 Å². The van der Waals surface area contributed by atoms with E-state index >= 15 is 0 Å². The molecule has 0 bridgehead atoms. The number of amides is 1. The van der Waals surface area contributed by atoms with Gasteiger partial charge in [0.2, 0.25) is 15.9 Å². The summed E-state index contributed by atoms with van der Waals surface area (Å²) < 4.78 is 27.7. The average molecular weight is 499 g/mol. The number of nitrogens with zero attached hydrogens (tertiary/aromatic N) is 3. The van der Waals surface area contributed by atoms with Gasteiger partial charge < -0.3 is 5.32 Å². The highest BCUT2D eigenvalue weighted by Gasteiger charge is 2.32. The molecule has 0 spiro atoms. The number of sulfonamides is 1. The second kappa shape index (κ2) is 11.6. The molecular weight excluding hydrogens is 460 g/mol. The Morgan fingerprint density at radius 1 is 0.914 bits per heavy atom. The summed E-state index contributed by atoms with van der Waals surface area (Å²) in [6, 6.07) is 16.0. The Labute approximate surface area is 210 Å². The molecule has 1 amide bonds. The van der Waals surface area contributed by atoms with Crippen LogP contribution in [0.25, 0.3) is 0 Å². The van der Waals surface area contributed by atoms with Gasteiger partial charge in [-0.15, -0.1) is 0 Å². The molecule has 2 fully saturated rings. The minimum atomic E-state index is -3.52. The van der Waals surface area contributed by atoms with Crippen molar-refractivity contribution in [3.8, 4) is 0 Å². The fourth-order valence-electron chi connectivity index (χ4n) is 5.08. The summed E-state index contributed by atoms with van der Waals surface area (Å²) in [7, 11) is -3.52. The van der Waals surface area contributed by atoms with Gasteiger partial charge in [0, 0.05) is 64.8 Å². The normalized spacial score (nSPS) is 19.0. The van der Waals surface area contributed by atoms with Crippen molar-refractivity contribution in [3.05, 3.63) is 65.2 Å². The predicted octanol–water partition coefficient (Wildman–Crippen LogP) is 2.64. The van der Waals surface area contributed by atoms with Gasteiger partial charge in [-0.3, -0.25) is 14.6 Å². The zero-order chi connectivity index (χ0) is 24.8. The molecule has 2 aromatic rings. The second-order valence-corrected chi connectivity index (χ2v) is 11.7. The molecule has 7 nitrogen and oxygen atoms in total. The van der Waals surface area contributed by atoms with E-state index < -0.39 is 10.0 Å². The lowest BCUT2D eigenvalue weighted by atomic mass is 9.97. The highest BCUT2D eigenvalue weighted by atomic mass is 32.2. The van der Waals surface area contributed by atoms with Crippen molar-refractivity contribution in [2.24, 2.45) is 5.92 Å². The Kier molecular flexibility index (Phi) is 8.59. The second-order valence-electron chi connectivity index (χ2n) is 9.84. The van der Waals surface area contributed by atoms with Crippen molar-refractivity contribution in [1.29, 1.82) is 0 Å². The highest BCUT2D eigenvalue weighted by Crippen LogP contribution is 2.26. The molecule has 35 heavy (non-hydrogen) atoms. The molecule has 0 aliphatic carbocycles. The Bertz CT molecular complexity index is 1090. The van der Waals surface area contributed by atoms with E-state index in [0.717, 1.165) is 50.4 Å². The smallest absolute Gasteiger partial charge is 0.243 e. The van der Waals surface area contributed by atoms with Crippen LogP contribution in [-0.2, 0) is 21.4 Å². The average Bonchev–Trinajstić information content (AvgIpc) is 2.85. The SMILES string of the molecule is Cc1ccc(S(=O)(=O)N2CCC(C(=O)NCCN3CCN(Cc4ccccc4)CC3)CC2)c(C)c1. The van der Waals surface area contributed by atoms with Gasteiger partial charge in [0.25, 0.3) is 0 Å². The number of nitrogens with one attached hydrogen (secondary N) is 1. The molecule has 0 saturated carbocycles. The largest absolute Gasteiger partial charge is 0.355 e. The standard InChI is InChI=1S/C27H38N4O3S/c1-22-8-9-26(23(2)20-22)35(33,34)31-13-10-25(11-14-31)27(32)28-12-15-29-16-18-30(19-17-29)21-24-6-4-3-5-7-24/h3-9,20,25H,10-19,21H2,1-2H3,(H,28,32). The monoisotopic (exact) mass is 498 g/mol. The van der Waals surface area contributed by atoms with Crippen molar-refractivity contribution in [2.75, 3.05) is 52.4 Å². The number of aryl methyl sites for hydroxylation is 2. The van der Waals surface area contributed by atoms with Crippen LogP contribution in [0.4, 0.5) is 0 Å². The summed E-state index contributed by atoms with van der Waals surface area (Å²) in [4.78, 5) is 18.0. The zero-order valence-corrected chi connectivity index (χ0v) is 21.8. The van der Waals surface area contributed by atoms with Crippen molar-refractivity contribution in [1.82, 2.24) is 19.4 Å². The molecule has 8 heteroatoms. The van der Waals surface area contributed by atoms with Crippen LogP contribution in [0.1, 0.15) is 29.5 Å². The summed E-state index contributed by atoms with van der Waals surface area (Å²) in [5.74, 6) is -0.0698. The van der Waals surface area contributed by atoms with Crippen LogP contribution < -0.4 is 5.32 Å². The first kappa shape index (κ1) is 25.8. The summed E-state index contributed by atoms with van der Waals surface area (Å²) in [6.45, 7) is 11.1. The van der Waals surface area contributed by atoms with Crippen LogP contribution >= 0.6 is 0 Å². The molecule has 2 aliphatic heterocycles. The van der Waals surface area contributed by atoms with Gasteiger partial charge in [-0.1, -0.05) is 48.0 Å². The molecular formula is C27H38N4O3S. The van der Waals surface area contributed by atoms with Crippen LogP contribution in [0.2, 0.25) is 0 Å². The Balaban J connectivity index is 1.16. The van der Waals surface area contributed by atoms with Crippen LogP contribution in [0.15, 0.2) is 53.4 Å². The molecule has 2 aliphatic rings. The maximum absolute atomic E-state index is 13.1. The lowest BCUT2D eigenvalue weighted by Gasteiger charge is -2.35. The number of rotatable bonds is 8. The van der Waals surface area contributed by atoms with Crippen LogP contribution in [0.5, 0.6) is 0 Å². The van der Waals surface area contributed by atoms with Crippen molar-refractivity contribution in [3.63, 3.8) is 0 Å². The maximum atomic E-state index is 13.1. The van der Waals surface area contributed by atoms with Gasteiger partial charge in [-0.2, -0.15) is 4.31 Å². The van der Waals surface area contributed by atoms with Gasteiger partial charge in [0.05, 0.1) is 4.90 Å². The quantitative estimate of drug-likeness (QED) is 0.606. The van der Waals surface area contributed by atoms with E-state index in [2.05, 4.69) is 39.4 Å². The van der Waals surface area contributed by atoms with Gasteiger partial charge in [-0.05, 0) is 43.9 Å². The fraction of sp³-hybridized carbons (Fsp3) is 0.519. The number of hydrogen-bond acceptors (Lipinski definition) is 5. The lowest BCUT2D eigenvalue weighted by molar-refractivity contribution is -0.126. The van der Waals surface area contributed by atoms with E-state index in [1.807, 2.05) is 32.0 Å². The minimum Gasteiger partial charge on any atom is -0.355 e. The number of piperazine rings is 1. The molecule has 0 aromatic heterocycles. The van der Waals surface area contributed by atoms with Crippen molar-refractivity contribution >= 4 is 15.9 Å². The third-order valence-electron chi connectivity index (χ3n) is 7.21. The number of carbonyl (C=O) groups is 1. The van der Waals surface area contributed by atoms with E-state index in [-0.39, 0.29) is 11.8 Å². The van der Waals surface area contributed by atoms with Gasteiger partial charge >= 0.3 is 0 Å². The topological polar surface area (TPSA) is 73.0 Å². The first-order chi connectivity index (χ1) is 16.8. The zero-order valence-electron chi connectivity index (χ0n) is 20.9. The van der Waals surface area contributed by atoms with Gasteiger partial charge in [0.15, 0.2) is 0 Å². The summed E-state index contributed by atoms with van der Waals surface area (Å²) in [5, 5.41) is 3.09. The minimum absolute atomic E-state index is 0.0521. The number of carbonyl (C=O) groups excluding carboxylic acids is 1. The fourth-order valence-corrected chi connectivity index (χ4v) is 6.76. The molecule has 4 rings (SSSR count). The first-order valence-electron chi connectivity index (χ1n) is 12.7. The summed E-state index contributed by atoms with van der Waals surface area (Å²) in [5.41, 5.74) is 3.16. The van der Waals surface area contributed by atoms with E-state index in [0.29, 0.717) is 37.4 Å². The molecule has 190 valence electrons. The Hall–Kier alpha value is -2.26. The summed E-state index contributed by atoms with van der Waals surface area (Å²) >= 11 is 0. The van der Waals surface area contributed by atoms with E-state index in [4.69, 9.17) is 0 Å². The van der Waals surface area contributed by atoms with Crippen LogP contribution in [-0.4, -0.2) is 80.8 Å². The van der Waals surface area contributed by atoms with Crippen molar-refractivity contribution < 1.29 is 13.2 Å². The molecule has 2 saturated heterocycles. The lowest BCUT2D eigenvalue weighted by Crippen LogP contribution is -2.49. The van der Waals surface area contributed by atoms with Crippen LogP contribution in [0, 0.1) is 19.8 Å². The molecule has 0 radical (unpaired) electrons. The number of benzene rings is 2. The number of piperidine rings is 1. The molecule has 0 atom stereocenters. The maximum Gasteiger partial charge on any atom is 0.243 e. The van der Waals surface area contributed by atoms with Crippen LogP contribution in [0.3, 0.4) is 0 Å². The predicted molar refractivity (Wildman–Crippen MR) is 139 cm³/mol. The molecule has 1 N–H and O–H groups in total. The Morgan fingerprint density at radius 3 is 2.23 bits per heavy atom. The highest BCUT2D eigenvalue weighted by molar-refractivity contribution is 7.89. The third kappa shape index (κ3) is 6.70. The summed E-state index contributed by atoms with van der Waals surface area (Å²) in [6.07, 6.45) is 1.13. The van der Waals surface area contributed by atoms with E-state index in [9.17, 15) is 13.2 Å². The van der Waals surface area contributed by atoms with E-state index in [1.165, 1.54) is 9.87 Å². The van der Waals surface area contributed by atoms with Crippen molar-refractivity contribution in [2.45, 2.75) is 38.1 Å². The van der Waals surface area contributed by atoms with E-state index in [1.54, 1.807) is 6.07 Å². The first-order valence-corrected chi connectivity index (χ1v) is 14.1.